The number of halogens is 2. The van der Waals surface area contributed by atoms with Crippen LogP contribution in [0.25, 0.3) is 0 Å². The number of nitrogens with one attached hydrogen (secondary N) is 1. The Bertz CT molecular complexity index is 616. The molecule has 0 aromatic heterocycles. The maximum Gasteiger partial charge on any atom is 0.290 e. The van der Waals surface area contributed by atoms with Crippen molar-refractivity contribution in [1.82, 2.24) is 9.62 Å². The van der Waals surface area contributed by atoms with Crippen LogP contribution in [0.2, 0.25) is 5.02 Å². The topological polar surface area (TPSA) is 92.5 Å². The molecule has 10 heteroatoms. The zero-order valence-corrected chi connectivity index (χ0v) is 13.4. The Morgan fingerprint density at radius 1 is 1.29 bits per heavy atom. The maximum atomic E-state index is 12.5. The van der Waals surface area contributed by atoms with Crippen LogP contribution < -0.4 is 5.32 Å². The van der Waals surface area contributed by atoms with E-state index in [1.54, 1.807) is 0 Å². The van der Waals surface area contributed by atoms with Crippen LogP contribution in [0.4, 0.5) is 5.69 Å². The van der Waals surface area contributed by atoms with E-state index < -0.39 is 20.6 Å². The Morgan fingerprint density at radius 2 is 2.00 bits per heavy atom. The number of benzene rings is 1. The van der Waals surface area contributed by atoms with Crippen molar-refractivity contribution in [3.63, 3.8) is 0 Å². The van der Waals surface area contributed by atoms with Crippen LogP contribution in [0.3, 0.4) is 0 Å². The molecule has 1 aromatic rings. The van der Waals surface area contributed by atoms with Gasteiger partial charge in [0, 0.05) is 30.7 Å². The van der Waals surface area contributed by atoms with Gasteiger partial charge in [0.1, 0.15) is 0 Å². The van der Waals surface area contributed by atoms with E-state index in [4.69, 9.17) is 11.6 Å². The molecule has 1 aromatic carbocycles. The highest BCUT2D eigenvalue weighted by atomic mass is 35.5. The fourth-order valence-corrected chi connectivity index (χ4v) is 3.84. The van der Waals surface area contributed by atoms with Gasteiger partial charge >= 0.3 is 0 Å². The van der Waals surface area contributed by atoms with Gasteiger partial charge in [-0.15, -0.1) is 12.4 Å². The van der Waals surface area contributed by atoms with E-state index in [-0.39, 0.29) is 22.3 Å². The van der Waals surface area contributed by atoms with E-state index in [0.29, 0.717) is 26.1 Å². The van der Waals surface area contributed by atoms with E-state index in [2.05, 4.69) is 5.32 Å². The Labute approximate surface area is 133 Å². The minimum Gasteiger partial charge on any atom is -0.315 e. The van der Waals surface area contributed by atoms with Gasteiger partial charge in [0.05, 0.1) is 4.92 Å². The number of hydrogen-bond donors (Lipinski definition) is 1. The molecule has 0 bridgehead atoms. The summed E-state index contributed by atoms with van der Waals surface area (Å²) in [4.78, 5) is 9.98. The van der Waals surface area contributed by atoms with Gasteiger partial charge in [-0.1, -0.05) is 11.6 Å². The Hall–Kier alpha value is -0.930. The monoisotopic (exact) mass is 355 g/mol. The molecule has 0 amide bonds. The molecule has 7 nitrogen and oxygen atoms in total. The van der Waals surface area contributed by atoms with Crippen LogP contribution in [0.5, 0.6) is 0 Å². The van der Waals surface area contributed by atoms with Crippen molar-refractivity contribution < 1.29 is 13.3 Å². The zero-order valence-electron chi connectivity index (χ0n) is 11.0. The summed E-state index contributed by atoms with van der Waals surface area (Å²) < 4.78 is 26.3. The van der Waals surface area contributed by atoms with Gasteiger partial charge in [0.15, 0.2) is 4.90 Å². The lowest BCUT2D eigenvalue weighted by Gasteiger charge is -2.19. The summed E-state index contributed by atoms with van der Waals surface area (Å²) in [6, 6.07) is 3.59. The summed E-state index contributed by atoms with van der Waals surface area (Å²) in [5.74, 6) is 0. The molecular formula is C11H15Cl2N3O4S. The molecule has 1 aliphatic rings. The largest absolute Gasteiger partial charge is 0.315 e. The lowest BCUT2D eigenvalue weighted by molar-refractivity contribution is -0.387. The Balaban J connectivity index is 0.00000220. The average Bonchev–Trinajstić information content (AvgIpc) is 2.67. The van der Waals surface area contributed by atoms with Gasteiger partial charge in [0.25, 0.3) is 5.69 Å². The third kappa shape index (κ3) is 4.04. The fourth-order valence-electron chi connectivity index (χ4n) is 2.05. The first kappa shape index (κ1) is 18.1. The van der Waals surface area contributed by atoms with Gasteiger partial charge in [-0.25, -0.2) is 8.42 Å². The van der Waals surface area contributed by atoms with Crippen LogP contribution in [-0.4, -0.2) is 43.8 Å². The summed E-state index contributed by atoms with van der Waals surface area (Å²) in [6.45, 7) is 1.90. The van der Waals surface area contributed by atoms with Crippen molar-refractivity contribution in [2.45, 2.75) is 11.3 Å². The molecule has 2 rings (SSSR count). The van der Waals surface area contributed by atoms with E-state index >= 15 is 0 Å². The second kappa shape index (κ2) is 7.37. The van der Waals surface area contributed by atoms with Crippen molar-refractivity contribution in [2.24, 2.45) is 0 Å². The lowest BCUT2D eigenvalue weighted by atomic mass is 10.3. The van der Waals surface area contributed by atoms with Crippen LogP contribution in [0.1, 0.15) is 6.42 Å². The van der Waals surface area contributed by atoms with Crippen LogP contribution >= 0.6 is 24.0 Å². The van der Waals surface area contributed by atoms with Gasteiger partial charge in [-0.3, -0.25) is 10.1 Å². The number of hydrogen-bond acceptors (Lipinski definition) is 5. The molecule has 0 aliphatic carbocycles. The molecule has 1 fully saturated rings. The lowest BCUT2D eigenvalue weighted by Crippen LogP contribution is -2.34. The van der Waals surface area contributed by atoms with Crippen molar-refractivity contribution in [1.29, 1.82) is 0 Å². The van der Waals surface area contributed by atoms with Crippen LogP contribution in [0.15, 0.2) is 23.1 Å². The van der Waals surface area contributed by atoms with E-state index in [9.17, 15) is 18.5 Å². The number of nitro groups is 1. The Kier molecular flexibility index (Phi) is 6.36. The van der Waals surface area contributed by atoms with Crippen molar-refractivity contribution in [3.8, 4) is 0 Å². The highest BCUT2D eigenvalue weighted by Crippen LogP contribution is 2.29. The quantitative estimate of drug-likeness (QED) is 0.657. The molecule has 0 atom stereocenters. The molecule has 0 unspecified atom stereocenters. The third-order valence-corrected chi connectivity index (χ3v) is 5.22. The van der Waals surface area contributed by atoms with E-state index in [1.807, 2.05) is 0 Å². The second-order valence-electron chi connectivity index (χ2n) is 4.38. The number of nitro benzene ring substituents is 1. The molecular weight excluding hydrogens is 341 g/mol. The molecule has 21 heavy (non-hydrogen) atoms. The summed E-state index contributed by atoms with van der Waals surface area (Å²) in [7, 11) is -3.88. The maximum absolute atomic E-state index is 12.5. The average molecular weight is 356 g/mol. The van der Waals surface area contributed by atoms with Crippen molar-refractivity contribution in [3.05, 3.63) is 33.3 Å². The van der Waals surface area contributed by atoms with Gasteiger partial charge < -0.3 is 5.32 Å². The summed E-state index contributed by atoms with van der Waals surface area (Å²) in [6.07, 6.45) is 0.667. The number of nitrogens with zero attached hydrogens (tertiary/aromatic N) is 2. The number of rotatable bonds is 3. The van der Waals surface area contributed by atoms with Crippen LogP contribution in [-0.2, 0) is 10.0 Å². The first-order valence-electron chi connectivity index (χ1n) is 6.08. The molecule has 118 valence electrons. The predicted molar refractivity (Wildman–Crippen MR) is 81.6 cm³/mol. The van der Waals surface area contributed by atoms with Crippen LogP contribution in [0, 0.1) is 10.1 Å². The normalized spacial score (nSPS) is 16.8. The minimum atomic E-state index is -3.88. The van der Waals surface area contributed by atoms with Crippen molar-refractivity contribution in [2.75, 3.05) is 26.2 Å². The van der Waals surface area contributed by atoms with Gasteiger partial charge in [-0.2, -0.15) is 4.31 Å². The second-order valence-corrected chi connectivity index (χ2v) is 6.72. The fraction of sp³-hybridized carbons (Fsp3) is 0.455. The van der Waals surface area contributed by atoms with Gasteiger partial charge in [0.2, 0.25) is 10.0 Å². The molecule has 0 spiro atoms. The minimum absolute atomic E-state index is 0. The zero-order chi connectivity index (χ0) is 14.8. The molecule has 0 saturated carbocycles. The third-order valence-electron chi connectivity index (χ3n) is 3.03. The molecule has 1 N–H and O–H groups in total. The van der Waals surface area contributed by atoms with E-state index in [1.165, 1.54) is 16.4 Å². The predicted octanol–water partition coefficient (Wildman–Crippen LogP) is 1.65. The van der Waals surface area contributed by atoms with Crippen molar-refractivity contribution >= 4 is 39.7 Å². The first-order chi connectivity index (χ1) is 9.43. The molecule has 0 radical (unpaired) electrons. The Morgan fingerprint density at radius 3 is 2.67 bits per heavy atom. The molecule has 1 heterocycles. The highest BCUT2D eigenvalue weighted by molar-refractivity contribution is 7.89. The van der Waals surface area contributed by atoms with Gasteiger partial charge in [-0.05, 0) is 25.1 Å². The smallest absolute Gasteiger partial charge is 0.290 e. The summed E-state index contributed by atoms with van der Waals surface area (Å²) in [5.41, 5.74) is -0.491. The SMILES string of the molecule is Cl.O=[N+]([O-])c1cc(Cl)ccc1S(=O)(=O)N1CCCNCC1. The highest BCUT2D eigenvalue weighted by Gasteiger charge is 2.31. The summed E-state index contributed by atoms with van der Waals surface area (Å²) >= 11 is 5.70. The first-order valence-corrected chi connectivity index (χ1v) is 7.89. The molecule has 1 saturated heterocycles. The van der Waals surface area contributed by atoms with E-state index in [0.717, 1.165) is 12.6 Å². The summed E-state index contributed by atoms with van der Waals surface area (Å²) in [5, 5.41) is 14.2. The molecule has 1 aliphatic heterocycles. The standard InChI is InChI=1S/C11H14ClN3O4S.ClH/c12-9-2-3-11(10(8-9)15(16)17)20(18,19)14-6-1-4-13-5-7-14;/h2-3,8,13H,1,4-7H2;1H. The number of sulfonamides is 1.